The first kappa shape index (κ1) is 42.9. The van der Waals surface area contributed by atoms with Crippen LogP contribution in [-0.2, 0) is 6.42 Å². The van der Waals surface area contributed by atoms with Gasteiger partial charge in [0.2, 0.25) is 0 Å². The highest BCUT2D eigenvalue weighted by atomic mass is 14.3. The summed E-state index contributed by atoms with van der Waals surface area (Å²) in [7, 11) is 0. The number of hydrogen-bond donors (Lipinski definition) is 0. The molecule has 0 aliphatic rings. The second kappa shape index (κ2) is 19.8. The van der Waals surface area contributed by atoms with Gasteiger partial charge in [-0.3, -0.25) is 0 Å². The number of benzene rings is 4. The fourth-order valence-corrected chi connectivity index (χ4v) is 4.89. The van der Waals surface area contributed by atoms with Gasteiger partial charge in [0.15, 0.2) is 0 Å². The molecule has 4 aromatic rings. The molecule has 0 amide bonds. The number of hydrogen-bond acceptors (Lipinski definition) is 0. The van der Waals surface area contributed by atoms with Crippen LogP contribution in [0.15, 0.2) is 121 Å². The van der Waals surface area contributed by atoms with Gasteiger partial charge in [0.1, 0.15) is 0 Å². The van der Waals surface area contributed by atoms with E-state index in [4.69, 9.17) is 0 Å². The Hall–Kier alpha value is -3.12. The van der Waals surface area contributed by atoms with Gasteiger partial charge in [-0.05, 0) is 74.5 Å². The summed E-state index contributed by atoms with van der Waals surface area (Å²) in [4.78, 5) is 0. The van der Waals surface area contributed by atoms with Crippen molar-refractivity contribution in [3.63, 3.8) is 0 Å². The van der Waals surface area contributed by atoms with Gasteiger partial charge in [0.25, 0.3) is 0 Å². The van der Waals surface area contributed by atoms with E-state index >= 15 is 0 Å². The molecule has 0 N–H and O–H groups in total. The molecule has 0 aliphatic carbocycles. The monoisotopic (exact) mass is 649 g/mol. The van der Waals surface area contributed by atoms with E-state index in [-0.39, 0.29) is 0 Å². The molecule has 0 heterocycles. The molecule has 0 aromatic heterocycles. The van der Waals surface area contributed by atoms with Crippen molar-refractivity contribution in [1.29, 1.82) is 0 Å². The van der Waals surface area contributed by atoms with Crippen molar-refractivity contribution >= 4 is 0 Å². The van der Waals surface area contributed by atoms with E-state index in [1.165, 1.54) is 35.1 Å². The average Bonchev–Trinajstić information content (AvgIpc) is 3.04. The van der Waals surface area contributed by atoms with Gasteiger partial charge in [-0.25, -0.2) is 0 Å². The fourth-order valence-electron chi connectivity index (χ4n) is 4.89. The molecule has 1 unspecified atom stereocenters. The predicted molar refractivity (Wildman–Crippen MR) is 217 cm³/mol. The first-order valence-electron chi connectivity index (χ1n) is 18.3. The van der Waals surface area contributed by atoms with E-state index in [0.717, 1.165) is 0 Å². The minimum absolute atomic E-state index is 0.362. The van der Waals surface area contributed by atoms with E-state index in [2.05, 4.69) is 225 Å². The van der Waals surface area contributed by atoms with Crippen LogP contribution in [0.3, 0.4) is 0 Å². The average molecular weight is 649 g/mol. The van der Waals surface area contributed by atoms with Crippen LogP contribution in [0.5, 0.6) is 0 Å². The van der Waals surface area contributed by atoms with Gasteiger partial charge in [0.05, 0.1) is 0 Å². The Morgan fingerprint density at radius 2 is 0.583 bits per heavy atom. The summed E-state index contributed by atoms with van der Waals surface area (Å²) in [6.07, 6.45) is 2.46. The Morgan fingerprint density at radius 3 is 0.792 bits per heavy atom. The SMILES string of the molecule is CC(C)(C)CCc1ccccc1.CC(c1ccccc1)C(C)(C)C.C[C@@H](c1ccccc1)C(C)(C)C.C[C@H](c1ccccc1)C(C)(C)C. The van der Waals surface area contributed by atoms with Crippen molar-refractivity contribution in [2.75, 3.05) is 0 Å². The molecule has 0 saturated heterocycles. The summed E-state index contributed by atoms with van der Waals surface area (Å²) in [6, 6.07) is 42.8. The summed E-state index contributed by atoms with van der Waals surface area (Å²) in [5, 5.41) is 0. The molecule has 48 heavy (non-hydrogen) atoms. The van der Waals surface area contributed by atoms with Gasteiger partial charge in [-0.2, -0.15) is 0 Å². The van der Waals surface area contributed by atoms with Gasteiger partial charge < -0.3 is 0 Å². The highest BCUT2D eigenvalue weighted by Crippen LogP contribution is 2.35. The molecule has 4 aromatic carbocycles. The molecular formula is C48H72. The van der Waals surface area contributed by atoms with Gasteiger partial charge in [-0.15, -0.1) is 0 Å². The van der Waals surface area contributed by atoms with Gasteiger partial charge >= 0.3 is 0 Å². The lowest BCUT2D eigenvalue weighted by Crippen LogP contribution is -2.14. The highest BCUT2D eigenvalue weighted by Gasteiger charge is 2.22. The highest BCUT2D eigenvalue weighted by molar-refractivity contribution is 5.22. The molecule has 0 aliphatic heterocycles. The Labute approximate surface area is 298 Å². The molecule has 0 nitrogen and oxygen atoms in total. The topological polar surface area (TPSA) is 0 Å². The van der Waals surface area contributed by atoms with Crippen LogP contribution < -0.4 is 0 Å². The van der Waals surface area contributed by atoms with E-state index in [1.807, 2.05) is 0 Å². The predicted octanol–water partition coefficient (Wildman–Crippen LogP) is 15.2. The zero-order valence-electron chi connectivity index (χ0n) is 33.7. The van der Waals surface area contributed by atoms with Crippen LogP contribution in [0.1, 0.15) is 150 Å². The second-order valence-electron chi connectivity index (χ2n) is 18.0. The molecule has 3 atom stereocenters. The molecule has 0 heteroatoms. The number of rotatable bonds is 5. The van der Waals surface area contributed by atoms with Crippen molar-refractivity contribution < 1.29 is 0 Å². The fraction of sp³-hybridized carbons (Fsp3) is 0.500. The standard InChI is InChI=1S/4C12H18/c3*1-10(12(2,3)4)11-8-6-5-7-9-11;1-12(2,3)10-9-11-7-5-4-6-8-11/h3*5-10H,1-4H3;4-8H,9-10H2,1-3H3/t2*10-;;/m10../s1. The second-order valence-corrected chi connectivity index (χ2v) is 18.0. The number of aryl methyl sites for hydroxylation is 1. The molecule has 0 fully saturated rings. The van der Waals surface area contributed by atoms with Crippen LogP contribution >= 0.6 is 0 Å². The summed E-state index contributed by atoms with van der Waals surface area (Å²) in [5.74, 6) is 1.87. The van der Waals surface area contributed by atoms with Crippen molar-refractivity contribution in [2.24, 2.45) is 21.7 Å². The summed E-state index contributed by atoms with van der Waals surface area (Å²) < 4.78 is 0. The zero-order chi connectivity index (χ0) is 36.6. The Kier molecular flexibility index (Phi) is 17.7. The van der Waals surface area contributed by atoms with Crippen molar-refractivity contribution in [1.82, 2.24) is 0 Å². The van der Waals surface area contributed by atoms with Crippen LogP contribution in [0.25, 0.3) is 0 Å². The lowest BCUT2D eigenvalue weighted by atomic mass is 9.78. The lowest BCUT2D eigenvalue weighted by Gasteiger charge is -2.27. The van der Waals surface area contributed by atoms with E-state index < -0.39 is 0 Å². The minimum Gasteiger partial charge on any atom is -0.0622 e. The zero-order valence-corrected chi connectivity index (χ0v) is 33.7. The third-order valence-electron chi connectivity index (χ3n) is 9.80. The maximum Gasteiger partial charge on any atom is -0.0142 e. The summed E-state index contributed by atoms with van der Waals surface area (Å²) in [5.41, 5.74) is 7.30. The molecule has 0 radical (unpaired) electrons. The first-order valence-corrected chi connectivity index (χ1v) is 18.3. The Morgan fingerprint density at radius 1 is 0.354 bits per heavy atom. The minimum atomic E-state index is 0.362. The van der Waals surface area contributed by atoms with Crippen LogP contribution in [0.2, 0.25) is 0 Å². The van der Waals surface area contributed by atoms with Crippen LogP contribution in [0.4, 0.5) is 0 Å². The molecule has 0 spiro atoms. The van der Waals surface area contributed by atoms with Crippen LogP contribution in [-0.4, -0.2) is 0 Å². The van der Waals surface area contributed by atoms with Gasteiger partial charge in [0, 0.05) is 0 Å². The smallest absolute Gasteiger partial charge is 0.0142 e. The first-order chi connectivity index (χ1) is 22.1. The molecule has 0 bridgehead atoms. The summed E-state index contributed by atoms with van der Waals surface area (Å²) >= 11 is 0. The van der Waals surface area contributed by atoms with Crippen LogP contribution in [0, 0.1) is 21.7 Å². The molecule has 0 saturated carbocycles. The quantitative estimate of drug-likeness (QED) is 0.202. The van der Waals surface area contributed by atoms with Gasteiger partial charge in [-0.1, -0.05) is 225 Å². The van der Waals surface area contributed by atoms with Crippen molar-refractivity contribution in [3.05, 3.63) is 144 Å². The summed E-state index contributed by atoms with van der Waals surface area (Å²) in [6.45, 7) is 34.3. The van der Waals surface area contributed by atoms with E-state index in [1.54, 1.807) is 0 Å². The Balaban J connectivity index is 0.000000320. The maximum atomic E-state index is 2.29. The third kappa shape index (κ3) is 17.9. The van der Waals surface area contributed by atoms with Crippen molar-refractivity contribution in [2.45, 2.75) is 134 Å². The van der Waals surface area contributed by atoms with E-state index in [0.29, 0.717) is 39.4 Å². The largest absolute Gasteiger partial charge is 0.0622 e. The molecule has 264 valence electrons. The molecular weight excluding hydrogens is 577 g/mol. The van der Waals surface area contributed by atoms with E-state index in [9.17, 15) is 0 Å². The third-order valence-corrected chi connectivity index (χ3v) is 9.80. The molecule has 4 rings (SSSR count). The maximum absolute atomic E-state index is 2.29. The normalized spacial score (nSPS) is 13.6. The van der Waals surface area contributed by atoms with Crippen molar-refractivity contribution in [3.8, 4) is 0 Å². The lowest BCUT2D eigenvalue weighted by molar-refractivity contribution is 0.339. The Bertz CT molecular complexity index is 1210.